The van der Waals surface area contributed by atoms with E-state index in [0.717, 1.165) is 22.8 Å². The second-order valence-electron chi connectivity index (χ2n) is 6.72. The number of fused-ring (bicyclic) bond motifs is 1. The van der Waals surface area contributed by atoms with E-state index in [1.165, 1.54) is 0 Å². The third-order valence-corrected chi connectivity index (χ3v) is 6.08. The minimum absolute atomic E-state index is 0.0287. The summed E-state index contributed by atoms with van der Waals surface area (Å²) < 4.78 is 6.24. The summed E-state index contributed by atoms with van der Waals surface area (Å²) >= 11 is 2.18. The number of nitrogens with one attached hydrogen (secondary N) is 2. The van der Waals surface area contributed by atoms with E-state index in [9.17, 15) is 9.59 Å². The molecule has 1 aromatic rings. The summed E-state index contributed by atoms with van der Waals surface area (Å²) in [5.74, 6) is 0.815. The van der Waals surface area contributed by atoms with Crippen LogP contribution >= 0.6 is 22.6 Å². The van der Waals surface area contributed by atoms with E-state index in [2.05, 4.69) is 33.2 Å². The fraction of sp³-hybridized carbons (Fsp3) is 0.556. The van der Waals surface area contributed by atoms with Gasteiger partial charge in [-0.2, -0.15) is 0 Å². The van der Waals surface area contributed by atoms with Crippen molar-refractivity contribution in [3.8, 4) is 0 Å². The largest absolute Gasteiger partial charge is 0.384 e. The lowest BCUT2D eigenvalue weighted by Gasteiger charge is -2.43. The molecule has 1 aliphatic heterocycles. The van der Waals surface area contributed by atoms with Crippen molar-refractivity contribution >= 4 is 34.4 Å². The summed E-state index contributed by atoms with van der Waals surface area (Å²) in [5.41, 5.74) is 0.713. The van der Waals surface area contributed by atoms with E-state index in [4.69, 9.17) is 4.74 Å². The van der Waals surface area contributed by atoms with E-state index in [-0.39, 0.29) is 23.9 Å². The molecule has 2 fully saturated rings. The lowest BCUT2D eigenvalue weighted by atomic mass is 9.71. The van der Waals surface area contributed by atoms with Crippen LogP contribution in [-0.2, 0) is 9.53 Å². The van der Waals surface area contributed by atoms with Crippen molar-refractivity contribution in [3.63, 3.8) is 0 Å². The summed E-state index contributed by atoms with van der Waals surface area (Å²) in [6.07, 6.45) is 3.31. The molecule has 2 aliphatic rings. The van der Waals surface area contributed by atoms with E-state index in [1.54, 1.807) is 7.11 Å². The van der Waals surface area contributed by atoms with E-state index in [1.807, 2.05) is 24.3 Å². The van der Waals surface area contributed by atoms with Gasteiger partial charge in [0.2, 0.25) is 5.91 Å². The molecule has 6 heteroatoms. The van der Waals surface area contributed by atoms with Crippen molar-refractivity contribution in [2.45, 2.75) is 37.8 Å². The molecular weight excluding hydrogens is 419 g/mol. The third kappa shape index (κ3) is 3.91. The number of carbonyl (C=O) groups excluding carboxylic acids is 2. The maximum absolute atomic E-state index is 12.5. The fourth-order valence-electron chi connectivity index (χ4n) is 4.02. The molecule has 1 aliphatic carbocycles. The van der Waals surface area contributed by atoms with Crippen molar-refractivity contribution in [3.05, 3.63) is 33.4 Å². The van der Waals surface area contributed by atoms with Crippen LogP contribution in [0.5, 0.6) is 0 Å². The number of rotatable bonds is 4. The van der Waals surface area contributed by atoms with Gasteiger partial charge in [0.05, 0.1) is 5.56 Å². The predicted octanol–water partition coefficient (Wildman–Crippen LogP) is 2.34. The SMILES string of the molecule is COCC1CC(=O)NC2CC(NC(=O)c3ccccc3I)CCC12. The Balaban J connectivity index is 1.63. The molecule has 1 heterocycles. The number of methoxy groups -OCH3 is 1. The lowest BCUT2D eigenvalue weighted by molar-refractivity contribution is -0.128. The van der Waals surface area contributed by atoms with Crippen LogP contribution in [0.2, 0.25) is 0 Å². The normalized spacial score (nSPS) is 29.5. The molecule has 2 N–H and O–H groups in total. The summed E-state index contributed by atoms with van der Waals surface area (Å²) in [5, 5.41) is 6.26. The van der Waals surface area contributed by atoms with Gasteiger partial charge in [-0.3, -0.25) is 9.59 Å². The maximum atomic E-state index is 12.5. The number of amides is 2. The Morgan fingerprint density at radius 2 is 2.17 bits per heavy atom. The molecule has 130 valence electrons. The molecule has 2 amide bonds. The smallest absolute Gasteiger partial charge is 0.252 e. The monoisotopic (exact) mass is 442 g/mol. The zero-order valence-electron chi connectivity index (χ0n) is 13.8. The summed E-state index contributed by atoms with van der Waals surface area (Å²) in [6.45, 7) is 0.633. The lowest BCUT2D eigenvalue weighted by Crippen LogP contribution is -2.56. The molecule has 3 rings (SSSR count). The first-order valence-corrected chi connectivity index (χ1v) is 9.50. The Bertz CT molecular complexity index is 622. The highest BCUT2D eigenvalue weighted by Crippen LogP contribution is 2.35. The average molecular weight is 442 g/mol. The maximum Gasteiger partial charge on any atom is 0.252 e. The molecule has 0 bridgehead atoms. The van der Waals surface area contributed by atoms with Crippen molar-refractivity contribution in [2.75, 3.05) is 13.7 Å². The minimum Gasteiger partial charge on any atom is -0.384 e. The Morgan fingerprint density at radius 1 is 1.38 bits per heavy atom. The number of piperidine rings is 1. The van der Waals surface area contributed by atoms with Crippen LogP contribution in [-0.4, -0.2) is 37.6 Å². The van der Waals surface area contributed by atoms with Crippen molar-refractivity contribution in [1.29, 1.82) is 0 Å². The molecular formula is C18H23IN2O3. The van der Waals surface area contributed by atoms with Gasteiger partial charge < -0.3 is 15.4 Å². The van der Waals surface area contributed by atoms with Gasteiger partial charge in [-0.05, 0) is 65.8 Å². The molecule has 0 aromatic heterocycles. The number of carbonyl (C=O) groups is 2. The first kappa shape index (κ1) is 17.7. The van der Waals surface area contributed by atoms with Crippen LogP contribution in [0.15, 0.2) is 24.3 Å². The molecule has 5 nitrogen and oxygen atoms in total. The molecule has 4 atom stereocenters. The highest BCUT2D eigenvalue weighted by atomic mass is 127. The van der Waals surface area contributed by atoms with Gasteiger partial charge in [0.25, 0.3) is 5.91 Å². The van der Waals surface area contributed by atoms with E-state index in [0.29, 0.717) is 30.4 Å². The molecule has 1 saturated heterocycles. The van der Waals surface area contributed by atoms with Crippen LogP contribution in [0.4, 0.5) is 0 Å². The fourth-order valence-corrected chi connectivity index (χ4v) is 4.65. The first-order valence-electron chi connectivity index (χ1n) is 8.42. The second-order valence-corrected chi connectivity index (χ2v) is 7.88. The molecule has 0 radical (unpaired) electrons. The summed E-state index contributed by atoms with van der Waals surface area (Å²) in [7, 11) is 1.69. The average Bonchev–Trinajstić information content (AvgIpc) is 2.55. The molecule has 24 heavy (non-hydrogen) atoms. The standard InChI is InChI=1S/C18H23IN2O3/c1-24-10-11-8-17(22)21-16-9-12(6-7-13(11)16)20-18(23)14-4-2-3-5-15(14)19/h2-5,11-13,16H,6-10H2,1H3,(H,20,23)(H,21,22). The Morgan fingerprint density at radius 3 is 2.92 bits per heavy atom. The highest BCUT2D eigenvalue weighted by Gasteiger charge is 2.40. The van der Waals surface area contributed by atoms with Crippen LogP contribution in [0, 0.1) is 15.4 Å². The van der Waals surface area contributed by atoms with Crippen molar-refractivity contribution in [2.24, 2.45) is 11.8 Å². The summed E-state index contributed by atoms with van der Waals surface area (Å²) in [6, 6.07) is 7.83. The van der Waals surface area contributed by atoms with Crippen LogP contribution < -0.4 is 10.6 Å². The van der Waals surface area contributed by atoms with Crippen LogP contribution in [0.3, 0.4) is 0 Å². The van der Waals surface area contributed by atoms with E-state index < -0.39 is 0 Å². The minimum atomic E-state index is -0.0287. The number of benzene rings is 1. The number of halogens is 1. The zero-order valence-corrected chi connectivity index (χ0v) is 15.9. The van der Waals surface area contributed by atoms with Crippen LogP contribution in [0.1, 0.15) is 36.0 Å². The molecule has 1 saturated carbocycles. The van der Waals surface area contributed by atoms with Gasteiger partial charge in [0.15, 0.2) is 0 Å². The number of hydrogen-bond acceptors (Lipinski definition) is 3. The molecule has 1 aromatic carbocycles. The van der Waals surface area contributed by atoms with Crippen molar-refractivity contribution < 1.29 is 14.3 Å². The van der Waals surface area contributed by atoms with Gasteiger partial charge >= 0.3 is 0 Å². The third-order valence-electron chi connectivity index (χ3n) is 5.14. The highest BCUT2D eigenvalue weighted by molar-refractivity contribution is 14.1. The second kappa shape index (κ2) is 7.82. The van der Waals surface area contributed by atoms with Gasteiger partial charge in [-0.25, -0.2) is 0 Å². The molecule has 4 unspecified atom stereocenters. The van der Waals surface area contributed by atoms with Gasteiger partial charge in [-0.15, -0.1) is 0 Å². The first-order chi connectivity index (χ1) is 11.6. The Labute approximate surface area is 156 Å². The van der Waals surface area contributed by atoms with Gasteiger partial charge in [-0.1, -0.05) is 12.1 Å². The van der Waals surface area contributed by atoms with Crippen LogP contribution in [0.25, 0.3) is 0 Å². The van der Waals surface area contributed by atoms with Gasteiger partial charge in [0.1, 0.15) is 0 Å². The topological polar surface area (TPSA) is 67.4 Å². The Kier molecular flexibility index (Phi) is 5.76. The number of ether oxygens (including phenoxy) is 1. The Hall–Kier alpha value is -1.15. The van der Waals surface area contributed by atoms with E-state index >= 15 is 0 Å². The number of hydrogen-bond donors (Lipinski definition) is 2. The summed E-state index contributed by atoms with van der Waals surface area (Å²) in [4.78, 5) is 24.4. The predicted molar refractivity (Wildman–Crippen MR) is 99.7 cm³/mol. The quantitative estimate of drug-likeness (QED) is 0.704. The molecule has 0 spiro atoms. The van der Waals surface area contributed by atoms with Crippen molar-refractivity contribution in [1.82, 2.24) is 10.6 Å². The van der Waals surface area contributed by atoms with Gasteiger partial charge in [0, 0.05) is 35.8 Å². The zero-order chi connectivity index (χ0) is 17.1.